The first-order valence-corrected chi connectivity index (χ1v) is 5.39. The van der Waals surface area contributed by atoms with Gasteiger partial charge in [0.25, 0.3) is 0 Å². The highest BCUT2D eigenvalue weighted by molar-refractivity contribution is 5.07. The van der Waals surface area contributed by atoms with E-state index in [4.69, 9.17) is 0 Å². The second-order valence-corrected chi connectivity index (χ2v) is 4.38. The van der Waals surface area contributed by atoms with E-state index in [0.29, 0.717) is 6.04 Å². The predicted molar refractivity (Wildman–Crippen MR) is 63.8 cm³/mol. The monoisotopic (exact) mass is 207 g/mol. The molecule has 15 heavy (non-hydrogen) atoms. The smallest absolute Gasteiger partial charge is 0.106 e. The molecule has 0 radical (unpaired) electrons. The number of nitrogens with zero attached hydrogens (tertiary/aromatic N) is 2. The molecule has 1 aromatic rings. The van der Waals surface area contributed by atoms with Gasteiger partial charge in [-0.3, -0.25) is 0 Å². The lowest BCUT2D eigenvalue weighted by atomic mass is 10.3. The van der Waals surface area contributed by atoms with Crippen molar-refractivity contribution in [1.29, 1.82) is 0 Å². The first kappa shape index (κ1) is 12.0. The van der Waals surface area contributed by atoms with E-state index < -0.39 is 0 Å². The van der Waals surface area contributed by atoms with Crippen LogP contribution in [0.3, 0.4) is 0 Å². The summed E-state index contributed by atoms with van der Waals surface area (Å²) in [6.07, 6.45) is 1.94. The van der Waals surface area contributed by atoms with Gasteiger partial charge in [0, 0.05) is 25.3 Å². The maximum atomic E-state index is 4.33. The Bertz CT molecular complexity index is 337. The van der Waals surface area contributed by atoms with Gasteiger partial charge in [0.1, 0.15) is 5.82 Å². The normalized spacial score (nSPS) is 11.0. The molecule has 0 saturated heterocycles. The van der Waals surface area contributed by atoms with E-state index >= 15 is 0 Å². The number of rotatable bonds is 5. The zero-order chi connectivity index (χ0) is 11.4. The molecule has 3 heteroatoms. The quantitative estimate of drug-likeness (QED) is 0.751. The summed E-state index contributed by atoms with van der Waals surface area (Å²) in [6.45, 7) is 14.0. The van der Waals surface area contributed by atoms with Crippen molar-refractivity contribution < 1.29 is 0 Å². The minimum absolute atomic E-state index is 0.499. The van der Waals surface area contributed by atoms with Gasteiger partial charge in [-0.2, -0.15) is 0 Å². The molecule has 0 unspecified atom stereocenters. The van der Waals surface area contributed by atoms with Gasteiger partial charge in [-0.1, -0.05) is 26.0 Å². The Morgan fingerprint density at radius 1 is 1.60 bits per heavy atom. The van der Waals surface area contributed by atoms with Gasteiger partial charge in [-0.25, -0.2) is 4.98 Å². The van der Waals surface area contributed by atoms with Gasteiger partial charge in [-0.05, 0) is 13.8 Å². The van der Waals surface area contributed by atoms with Crippen molar-refractivity contribution in [2.45, 2.75) is 46.8 Å². The van der Waals surface area contributed by atoms with Crippen LogP contribution in [-0.2, 0) is 13.1 Å². The maximum absolute atomic E-state index is 4.33. The summed E-state index contributed by atoms with van der Waals surface area (Å²) in [6, 6.07) is 0.499. The van der Waals surface area contributed by atoms with Crippen molar-refractivity contribution in [3.05, 3.63) is 29.9 Å². The Balaban J connectivity index is 2.74. The molecule has 0 amide bonds. The Morgan fingerprint density at radius 3 is 2.80 bits per heavy atom. The average Bonchev–Trinajstić information content (AvgIpc) is 2.44. The minimum atomic E-state index is 0.499. The van der Waals surface area contributed by atoms with Crippen LogP contribution in [0.25, 0.3) is 0 Å². The van der Waals surface area contributed by atoms with E-state index in [1.54, 1.807) is 0 Å². The number of hydrogen-bond acceptors (Lipinski definition) is 2. The van der Waals surface area contributed by atoms with Crippen LogP contribution in [0.2, 0.25) is 0 Å². The molecule has 3 nitrogen and oxygen atoms in total. The number of hydrogen-bond donors (Lipinski definition) is 1. The highest BCUT2D eigenvalue weighted by Crippen LogP contribution is 2.07. The molecule has 0 spiro atoms. The Morgan fingerprint density at radius 2 is 2.27 bits per heavy atom. The maximum Gasteiger partial charge on any atom is 0.106 e. The molecule has 0 aliphatic rings. The summed E-state index contributed by atoms with van der Waals surface area (Å²) in [7, 11) is 0. The van der Waals surface area contributed by atoms with E-state index in [1.165, 1.54) is 5.69 Å². The molecule has 1 N–H and O–H groups in total. The van der Waals surface area contributed by atoms with Crippen molar-refractivity contribution in [1.82, 2.24) is 14.9 Å². The summed E-state index contributed by atoms with van der Waals surface area (Å²) >= 11 is 0. The van der Waals surface area contributed by atoms with E-state index in [1.807, 2.05) is 20.0 Å². The summed E-state index contributed by atoms with van der Waals surface area (Å²) in [5, 5.41) is 3.40. The first-order valence-electron chi connectivity index (χ1n) is 5.39. The summed E-state index contributed by atoms with van der Waals surface area (Å²) in [4.78, 5) is 4.33. The van der Waals surface area contributed by atoms with Gasteiger partial charge < -0.3 is 9.88 Å². The van der Waals surface area contributed by atoms with Crippen LogP contribution in [0.15, 0.2) is 18.3 Å². The third-order valence-electron chi connectivity index (χ3n) is 2.26. The molecule has 1 heterocycles. The van der Waals surface area contributed by atoms with Gasteiger partial charge >= 0.3 is 0 Å². The van der Waals surface area contributed by atoms with Crippen LogP contribution in [0, 0.1) is 6.92 Å². The topological polar surface area (TPSA) is 29.9 Å². The third-order valence-corrected chi connectivity index (χ3v) is 2.26. The van der Waals surface area contributed by atoms with Crippen molar-refractivity contribution in [3.8, 4) is 0 Å². The summed E-state index contributed by atoms with van der Waals surface area (Å²) < 4.78 is 2.21. The molecule has 0 saturated carbocycles. The van der Waals surface area contributed by atoms with Crippen molar-refractivity contribution in [2.75, 3.05) is 0 Å². The van der Waals surface area contributed by atoms with E-state index in [-0.39, 0.29) is 0 Å². The van der Waals surface area contributed by atoms with E-state index in [0.717, 1.165) is 24.5 Å². The molecule has 0 atom stereocenters. The molecular weight excluding hydrogens is 186 g/mol. The standard InChI is InChI=1S/C12H21N3/c1-9(2)8-15-11(5)14-7-12(15)6-13-10(3)4/h7,10,13H,1,6,8H2,2-5H3. The Labute approximate surface area is 92.2 Å². The molecule has 0 bridgehead atoms. The number of allylic oxidation sites excluding steroid dienone is 1. The molecular formula is C12H21N3. The lowest BCUT2D eigenvalue weighted by Crippen LogP contribution is -2.23. The molecule has 1 rings (SSSR count). The van der Waals surface area contributed by atoms with Crippen molar-refractivity contribution in [3.63, 3.8) is 0 Å². The van der Waals surface area contributed by atoms with Gasteiger partial charge in [-0.15, -0.1) is 0 Å². The second-order valence-electron chi connectivity index (χ2n) is 4.38. The van der Waals surface area contributed by atoms with Gasteiger partial charge in [0.15, 0.2) is 0 Å². The summed E-state index contributed by atoms with van der Waals surface area (Å²) in [5.74, 6) is 1.05. The second kappa shape index (κ2) is 5.12. The Kier molecular flexibility index (Phi) is 4.09. The molecule has 0 aliphatic carbocycles. The molecule has 0 aromatic carbocycles. The highest BCUT2D eigenvalue weighted by Gasteiger charge is 2.06. The molecule has 0 aliphatic heterocycles. The van der Waals surface area contributed by atoms with Crippen molar-refractivity contribution in [2.24, 2.45) is 0 Å². The lowest BCUT2D eigenvalue weighted by Gasteiger charge is -2.12. The van der Waals surface area contributed by atoms with E-state index in [2.05, 4.69) is 35.3 Å². The largest absolute Gasteiger partial charge is 0.327 e. The molecule has 84 valence electrons. The number of aryl methyl sites for hydroxylation is 1. The highest BCUT2D eigenvalue weighted by atomic mass is 15.1. The minimum Gasteiger partial charge on any atom is -0.327 e. The lowest BCUT2D eigenvalue weighted by molar-refractivity contribution is 0.561. The zero-order valence-corrected chi connectivity index (χ0v) is 10.2. The molecule has 0 fully saturated rings. The SMILES string of the molecule is C=C(C)Cn1c(CNC(C)C)cnc1C. The van der Waals surface area contributed by atoms with Crippen LogP contribution >= 0.6 is 0 Å². The fourth-order valence-electron chi connectivity index (χ4n) is 1.45. The van der Waals surface area contributed by atoms with Crippen LogP contribution in [0.4, 0.5) is 0 Å². The number of imidazole rings is 1. The van der Waals surface area contributed by atoms with Crippen LogP contribution in [0.5, 0.6) is 0 Å². The predicted octanol–water partition coefficient (Wildman–Crippen LogP) is 2.27. The van der Waals surface area contributed by atoms with Gasteiger partial charge in [0.05, 0.1) is 5.69 Å². The average molecular weight is 207 g/mol. The summed E-state index contributed by atoms with van der Waals surface area (Å²) in [5.41, 5.74) is 2.38. The van der Waals surface area contributed by atoms with Crippen LogP contribution in [-0.4, -0.2) is 15.6 Å². The van der Waals surface area contributed by atoms with E-state index in [9.17, 15) is 0 Å². The van der Waals surface area contributed by atoms with Crippen molar-refractivity contribution >= 4 is 0 Å². The number of aromatic nitrogens is 2. The fraction of sp³-hybridized carbons (Fsp3) is 0.583. The zero-order valence-electron chi connectivity index (χ0n) is 10.2. The first-order chi connectivity index (χ1) is 7.00. The fourth-order valence-corrected chi connectivity index (χ4v) is 1.45. The Hall–Kier alpha value is -1.09. The third kappa shape index (κ3) is 3.51. The van der Waals surface area contributed by atoms with Crippen LogP contribution in [0.1, 0.15) is 32.3 Å². The molecule has 1 aromatic heterocycles. The van der Waals surface area contributed by atoms with Gasteiger partial charge in [0.2, 0.25) is 0 Å². The number of nitrogens with one attached hydrogen (secondary N) is 1. The van der Waals surface area contributed by atoms with Crippen LogP contribution < -0.4 is 5.32 Å².